The smallest absolute Gasteiger partial charge is 0.240 e. The Morgan fingerprint density at radius 2 is 1.83 bits per heavy atom. The van der Waals surface area contributed by atoms with Gasteiger partial charge in [0, 0.05) is 26.6 Å². The molecule has 0 aliphatic carbocycles. The molecule has 0 aliphatic heterocycles. The lowest BCUT2D eigenvalue weighted by Crippen LogP contribution is -2.40. The number of amides is 1. The SMILES string of the molecule is CN(CC(C)(C)CN)C(=O)CCNS(=O)(=O)c1ccc(F)cc1.Cl. The molecule has 1 amide bonds. The van der Waals surface area contributed by atoms with Gasteiger partial charge in [0.05, 0.1) is 4.90 Å². The Bertz CT molecular complexity index is 636. The van der Waals surface area contributed by atoms with E-state index in [2.05, 4.69) is 4.72 Å². The maximum atomic E-state index is 12.8. The minimum atomic E-state index is -3.75. The predicted molar refractivity (Wildman–Crippen MR) is 93.9 cm³/mol. The van der Waals surface area contributed by atoms with Gasteiger partial charge in [-0.1, -0.05) is 13.8 Å². The van der Waals surface area contributed by atoms with Crippen LogP contribution in [0.25, 0.3) is 0 Å². The van der Waals surface area contributed by atoms with Crippen molar-refractivity contribution in [1.29, 1.82) is 0 Å². The third-order valence-corrected chi connectivity index (χ3v) is 4.88. The van der Waals surface area contributed by atoms with Crippen molar-refractivity contribution in [2.45, 2.75) is 25.2 Å². The topological polar surface area (TPSA) is 92.5 Å². The maximum absolute atomic E-state index is 12.8. The lowest BCUT2D eigenvalue weighted by molar-refractivity contribution is -0.130. The van der Waals surface area contributed by atoms with Crippen molar-refractivity contribution < 1.29 is 17.6 Å². The van der Waals surface area contributed by atoms with Crippen LogP contribution in [0, 0.1) is 11.2 Å². The second-order valence-corrected chi connectivity index (χ2v) is 7.99. The van der Waals surface area contributed by atoms with Crippen LogP contribution >= 0.6 is 12.4 Å². The number of rotatable bonds is 8. The molecule has 0 aliphatic rings. The molecule has 0 unspecified atom stereocenters. The van der Waals surface area contributed by atoms with Gasteiger partial charge in [0.2, 0.25) is 15.9 Å². The van der Waals surface area contributed by atoms with Crippen LogP contribution in [0.2, 0.25) is 0 Å². The summed E-state index contributed by atoms with van der Waals surface area (Å²) < 4.78 is 39.1. The Balaban J connectivity index is 0.00000529. The number of carbonyl (C=O) groups is 1. The van der Waals surface area contributed by atoms with Crippen molar-refractivity contribution in [3.05, 3.63) is 30.1 Å². The van der Waals surface area contributed by atoms with E-state index in [4.69, 9.17) is 5.73 Å². The van der Waals surface area contributed by atoms with Crippen LogP contribution in [-0.2, 0) is 14.8 Å². The number of hydrogen-bond acceptors (Lipinski definition) is 4. The van der Waals surface area contributed by atoms with Gasteiger partial charge in [0.1, 0.15) is 5.82 Å². The molecule has 0 aromatic heterocycles. The molecule has 0 heterocycles. The minimum Gasteiger partial charge on any atom is -0.345 e. The second-order valence-electron chi connectivity index (χ2n) is 6.22. The number of nitrogens with two attached hydrogens (primary N) is 1. The number of halogens is 2. The van der Waals surface area contributed by atoms with Gasteiger partial charge < -0.3 is 10.6 Å². The van der Waals surface area contributed by atoms with E-state index in [0.29, 0.717) is 13.1 Å². The highest BCUT2D eigenvalue weighted by Crippen LogP contribution is 2.14. The fourth-order valence-corrected chi connectivity index (χ4v) is 3.01. The van der Waals surface area contributed by atoms with Gasteiger partial charge in [0.25, 0.3) is 0 Å². The Labute approximate surface area is 149 Å². The van der Waals surface area contributed by atoms with Crippen molar-refractivity contribution in [1.82, 2.24) is 9.62 Å². The Hall–Kier alpha value is -1.22. The summed E-state index contributed by atoms with van der Waals surface area (Å²) in [5, 5.41) is 0. The van der Waals surface area contributed by atoms with E-state index in [1.807, 2.05) is 13.8 Å². The van der Waals surface area contributed by atoms with Crippen molar-refractivity contribution in [3.63, 3.8) is 0 Å². The summed E-state index contributed by atoms with van der Waals surface area (Å²) in [6, 6.07) is 4.50. The molecule has 138 valence electrons. The zero-order valence-corrected chi connectivity index (χ0v) is 15.7. The molecule has 6 nitrogen and oxygen atoms in total. The van der Waals surface area contributed by atoms with E-state index in [-0.39, 0.29) is 41.6 Å². The summed E-state index contributed by atoms with van der Waals surface area (Å²) >= 11 is 0. The van der Waals surface area contributed by atoms with Crippen LogP contribution < -0.4 is 10.5 Å². The summed E-state index contributed by atoms with van der Waals surface area (Å²) in [5.74, 6) is -0.684. The minimum absolute atomic E-state index is 0. The second kappa shape index (κ2) is 9.31. The third kappa shape index (κ3) is 7.12. The third-order valence-electron chi connectivity index (χ3n) is 3.40. The zero-order chi connectivity index (χ0) is 17.7. The van der Waals surface area contributed by atoms with Gasteiger partial charge in [-0.15, -0.1) is 12.4 Å². The lowest BCUT2D eigenvalue weighted by atomic mass is 9.93. The van der Waals surface area contributed by atoms with Gasteiger partial charge in [-0.3, -0.25) is 4.79 Å². The normalized spacial score (nSPS) is 11.7. The molecule has 0 spiro atoms. The molecule has 24 heavy (non-hydrogen) atoms. The van der Waals surface area contributed by atoms with Crippen molar-refractivity contribution in [2.75, 3.05) is 26.7 Å². The van der Waals surface area contributed by atoms with Crippen LogP contribution in [0.4, 0.5) is 4.39 Å². The van der Waals surface area contributed by atoms with Gasteiger partial charge in [-0.05, 0) is 36.2 Å². The van der Waals surface area contributed by atoms with E-state index < -0.39 is 15.8 Å². The number of sulfonamides is 1. The average molecular weight is 382 g/mol. The van der Waals surface area contributed by atoms with Crippen LogP contribution in [-0.4, -0.2) is 45.9 Å². The van der Waals surface area contributed by atoms with Gasteiger partial charge in [-0.2, -0.15) is 0 Å². The first-order chi connectivity index (χ1) is 10.6. The quantitative estimate of drug-likeness (QED) is 0.711. The molecular weight excluding hydrogens is 357 g/mol. The standard InChI is InChI=1S/C15H24FN3O3S.ClH/c1-15(2,10-17)11-19(3)14(20)8-9-18-23(21,22)13-6-4-12(16)5-7-13;/h4-7,18H,8-11,17H2,1-3H3;1H. The monoisotopic (exact) mass is 381 g/mol. The predicted octanol–water partition coefficient (Wildman–Crippen LogP) is 1.36. The molecule has 0 radical (unpaired) electrons. The molecule has 1 aromatic rings. The molecular formula is C15H25ClFN3O3S. The van der Waals surface area contributed by atoms with E-state index in [1.165, 1.54) is 12.1 Å². The summed E-state index contributed by atoms with van der Waals surface area (Å²) in [4.78, 5) is 13.5. The van der Waals surface area contributed by atoms with Gasteiger partial charge >= 0.3 is 0 Å². The van der Waals surface area contributed by atoms with E-state index in [9.17, 15) is 17.6 Å². The molecule has 0 bridgehead atoms. The zero-order valence-electron chi connectivity index (χ0n) is 14.1. The Kier molecular flexibility index (Phi) is 8.84. The Morgan fingerprint density at radius 1 is 1.29 bits per heavy atom. The maximum Gasteiger partial charge on any atom is 0.240 e. The number of carbonyl (C=O) groups excluding carboxylic acids is 1. The first-order valence-corrected chi connectivity index (χ1v) is 8.75. The van der Waals surface area contributed by atoms with Crippen molar-refractivity contribution in [3.8, 4) is 0 Å². The van der Waals surface area contributed by atoms with Gasteiger partial charge in [0.15, 0.2) is 0 Å². The van der Waals surface area contributed by atoms with E-state index in [1.54, 1.807) is 11.9 Å². The number of nitrogens with zero attached hydrogens (tertiary/aromatic N) is 1. The molecule has 3 N–H and O–H groups in total. The van der Waals surface area contributed by atoms with E-state index in [0.717, 1.165) is 12.1 Å². The van der Waals surface area contributed by atoms with Crippen LogP contribution in [0.15, 0.2) is 29.2 Å². The van der Waals surface area contributed by atoms with Crippen LogP contribution in [0.3, 0.4) is 0 Å². The summed E-state index contributed by atoms with van der Waals surface area (Å²) in [5.41, 5.74) is 5.43. The summed E-state index contributed by atoms with van der Waals surface area (Å²) in [6.07, 6.45) is 0.0393. The molecule has 0 atom stereocenters. The fourth-order valence-electron chi connectivity index (χ4n) is 1.98. The number of nitrogens with one attached hydrogen (secondary N) is 1. The van der Waals surface area contributed by atoms with E-state index >= 15 is 0 Å². The first-order valence-electron chi connectivity index (χ1n) is 7.27. The van der Waals surface area contributed by atoms with Crippen molar-refractivity contribution in [2.24, 2.45) is 11.1 Å². The number of benzene rings is 1. The molecule has 0 saturated carbocycles. The van der Waals surface area contributed by atoms with Crippen molar-refractivity contribution >= 4 is 28.3 Å². The average Bonchev–Trinajstić information content (AvgIpc) is 2.47. The first kappa shape index (κ1) is 22.8. The highest BCUT2D eigenvalue weighted by atomic mass is 35.5. The number of hydrogen-bond donors (Lipinski definition) is 2. The summed E-state index contributed by atoms with van der Waals surface area (Å²) in [7, 11) is -2.08. The molecule has 1 aromatic carbocycles. The molecule has 9 heteroatoms. The van der Waals surface area contributed by atoms with Crippen LogP contribution in [0.5, 0.6) is 0 Å². The molecule has 1 rings (SSSR count). The molecule has 0 saturated heterocycles. The van der Waals surface area contributed by atoms with Crippen LogP contribution in [0.1, 0.15) is 20.3 Å². The van der Waals surface area contributed by atoms with Gasteiger partial charge in [-0.25, -0.2) is 17.5 Å². The summed E-state index contributed by atoms with van der Waals surface area (Å²) in [6.45, 7) is 4.82. The Morgan fingerprint density at radius 3 is 2.33 bits per heavy atom. The largest absolute Gasteiger partial charge is 0.345 e. The fraction of sp³-hybridized carbons (Fsp3) is 0.533. The highest BCUT2D eigenvalue weighted by molar-refractivity contribution is 7.89. The highest BCUT2D eigenvalue weighted by Gasteiger charge is 2.21. The molecule has 0 fully saturated rings. The lowest BCUT2D eigenvalue weighted by Gasteiger charge is -2.29.